The Balaban J connectivity index is 1.43. The fourth-order valence-electron chi connectivity index (χ4n) is 4.82. The van der Waals surface area contributed by atoms with E-state index in [1.165, 1.54) is 0 Å². The van der Waals surface area contributed by atoms with Crippen molar-refractivity contribution >= 4 is 25.8 Å². The molecule has 0 radical (unpaired) electrons. The van der Waals surface area contributed by atoms with Gasteiger partial charge in [0.05, 0.1) is 12.3 Å². The molecular weight excluding hydrogens is 556 g/mol. The van der Waals surface area contributed by atoms with E-state index in [-0.39, 0.29) is 11.1 Å². The van der Waals surface area contributed by atoms with Gasteiger partial charge in [-0.1, -0.05) is 32.9 Å². The zero-order valence-electron chi connectivity index (χ0n) is 27.1. The molecule has 4 rings (SSSR count). The van der Waals surface area contributed by atoms with Gasteiger partial charge < -0.3 is 28.7 Å². The predicted octanol–water partition coefficient (Wildman–Crippen LogP) is 7.94. The fourth-order valence-corrected chi connectivity index (χ4v) is 5.85. The maximum Gasteiger partial charge on any atom is 0.410 e. The minimum absolute atomic E-state index is 0.123. The molecule has 230 valence electrons. The second-order valence-electron chi connectivity index (χ2n) is 13.7. The first-order valence-electron chi connectivity index (χ1n) is 14.9. The molecule has 0 fully saturated rings. The summed E-state index contributed by atoms with van der Waals surface area (Å²) in [5.41, 5.74) is 5.04. The molecule has 3 aromatic rings. The van der Waals surface area contributed by atoms with Crippen LogP contribution in [0, 0.1) is 11.3 Å². The third-order valence-electron chi connectivity index (χ3n) is 8.26. The van der Waals surface area contributed by atoms with E-state index in [1.54, 1.807) is 4.90 Å². The van der Waals surface area contributed by atoms with Crippen LogP contribution < -0.4 is 14.5 Å². The number of nitrogens with one attached hydrogen (secondary N) is 1. The monoisotopic (exact) mass is 602 g/mol. The van der Waals surface area contributed by atoms with Crippen LogP contribution in [0.2, 0.25) is 18.1 Å². The molecule has 0 saturated heterocycles. The van der Waals surface area contributed by atoms with Crippen molar-refractivity contribution < 1.29 is 18.7 Å². The number of anilines is 2. The van der Waals surface area contributed by atoms with E-state index in [1.807, 2.05) is 80.9 Å². The predicted molar refractivity (Wildman–Crippen MR) is 174 cm³/mol. The minimum Gasteiger partial charge on any atom is -0.544 e. The second-order valence-corrected chi connectivity index (χ2v) is 18.4. The van der Waals surface area contributed by atoms with Gasteiger partial charge >= 0.3 is 6.09 Å². The summed E-state index contributed by atoms with van der Waals surface area (Å²) in [4.78, 5) is 14.3. The molecule has 1 N–H and O–H groups in total. The van der Waals surface area contributed by atoms with Crippen molar-refractivity contribution in [1.29, 1.82) is 5.26 Å². The third-order valence-corrected chi connectivity index (χ3v) is 12.6. The Labute approximate surface area is 257 Å². The summed E-state index contributed by atoms with van der Waals surface area (Å²) in [6.45, 7) is 18.3. The number of nitrogens with zero attached hydrogens (tertiary/aromatic N) is 3. The van der Waals surface area contributed by atoms with Gasteiger partial charge in [0, 0.05) is 43.5 Å². The summed E-state index contributed by atoms with van der Waals surface area (Å²) in [6.07, 6.45) is 1.02. The Morgan fingerprint density at radius 2 is 1.77 bits per heavy atom. The highest BCUT2D eigenvalue weighted by Crippen LogP contribution is 2.38. The van der Waals surface area contributed by atoms with Gasteiger partial charge in [0.25, 0.3) is 0 Å². The fraction of sp³-hybridized carbons (Fsp3) is 0.471. The largest absolute Gasteiger partial charge is 0.544 e. The van der Waals surface area contributed by atoms with Crippen LogP contribution in [-0.2, 0) is 31.2 Å². The van der Waals surface area contributed by atoms with Gasteiger partial charge in [-0.3, -0.25) is 0 Å². The number of hydrogen-bond acceptors (Lipinski definition) is 6. The van der Waals surface area contributed by atoms with Crippen LogP contribution in [0.4, 0.5) is 16.2 Å². The maximum atomic E-state index is 12.6. The summed E-state index contributed by atoms with van der Waals surface area (Å²) >= 11 is 0. The summed E-state index contributed by atoms with van der Waals surface area (Å²) in [6, 6.07) is 18.2. The molecule has 2 aromatic carbocycles. The number of amides is 1. The molecule has 0 spiro atoms. The molecule has 1 aliphatic heterocycles. The van der Waals surface area contributed by atoms with Gasteiger partial charge in [-0.05, 0) is 87.3 Å². The van der Waals surface area contributed by atoms with Gasteiger partial charge in [0.1, 0.15) is 28.9 Å². The van der Waals surface area contributed by atoms with Crippen LogP contribution in [0.5, 0.6) is 11.5 Å². The standard InChI is InChI=1S/C34H46N4O4Si/c1-33(2,3)41-32(39)38-19-17-28-24(23-38)11-10-12-31(28)40-20-18-30-29(21-26(22-35)37(30)7)36-25-13-15-27(16-14-25)42-43(8,9)34(4,5)6/h10-16,21,36H,17-20,23H2,1-9H3. The van der Waals surface area contributed by atoms with E-state index in [4.69, 9.17) is 13.9 Å². The minimum atomic E-state index is -1.92. The molecule has 0 unspecified atom stereocenters. The molecule has 1 amide bonds. The number of carbonyl (C=O) groups is 1. The first-order valence-corrected chi connectivity index (χ1v) is 17.8. The molecule has 43 heavy (non-hydrogen) atoms. The number of benzene rings is 2. The second kappa shape index (κ2) is 12.4. The van der Waals surface area contributed by atoms with Crippen molar-refractivity contribution in [3.05, 3.63) is 71.0 Å². The average Bonchev–Trinajstić information content (AvgIpc) is 3.21. The van der Waals surface area contributed by atoms with Crippen LogP contribution in [0.1, 0.15) is 64.1 Å². The first kappa shape index (κ1) is 32.0. The summed E-state index contributed by atoms with van der Waals surface area (Å²) < 4.78 is 20.2. The van der Waals surface area contributed by atoms with Gasteiger partial charge in [-0.2, -0.15) is 5.26 Å². The molecule has 9 heteroatoms. The SMILES string of the molecule is Cn1c(C#N)cc(Nc2ccc(O[Si](C)(C)C(C)(C)C)cc2)c1CCOc1cccc2c1CCN(C(=O)OC(C)(C)C)C2. The first-order chi connectivity index (χ1) is 20.1. The molecule has 1 aromatic heterocycles. The number of aromatic nitrogens is 1. The molecule has 8 nitrogen and oxygen atoms in total. The van der Waals surface area contributed by atoms with Crippen molar-refractivity contribution in [2.24, 2.45) is 7.05 Å². The normalized spacial score (nSPS) is 13.6. The highest BCUT2D eigenvalue weighted by molar-refractivity contribution is 6.74. The zero-order valence-corrected chi connectivity index (χ0v) is 28.1. The van der Waals surface area contributed by atoms with Gasteiger partial charge in [0.15, 0.2) is 0 Å². The molecule has 0 bridgehead atoms. The van der Waals surface area contributed by atoms with E-state index in [9.17, 15) is 10.1 Å². The van der Waals surface area contributed by atoms with Gasteiger partial charge in [0.2, 0.25) is 8.32 Å². The average molecular weight is 603 g/mol. The Morgan fingerprint density at radius 3 is 2.40 bits per heavy atom. The van der Waals surface area contributed by atoms with Crippen molar-refractivity contribution in [2.75, 3.05) is 18.5 Å². The van der Waals surface area contributed by atoms with Crippen LogP contribution >= 0.6 is 0 Å². The van der Waals surface area contributed by atoms with Crippen LogP contribution in [0.25, 0.3) is 0 Å². The van der Waals surface area contributed by atoms with Crippen LogP contribution in [-0.4, -0.2) is 42.6 Å². The molecular formula is C34H46N4O4Si. The zero-order chi connectivity index (χ0) is 31.6. The summed E-state index contributed by atoms with van der Waals surface area (Å²) in [7, 11) is -0.0141. The van der Waals surface area contributed by atoms with Gasteiger partial charge in [-0.25, -0.2) is 4.79 Å². The Bertz CT molecular complexity index is 1490. The van der Waals surface area contributed by atoms with E-state index in [0.29, 0.717) is 38.2 Å². The lowest BCUT2D eigenvalue weighted by Gasteiger charge is -2.36. The molecule has 1 aliphatic rings. The highest BCUT2D eigenvalue weighted by atomic mass is 28.4. The Kier molecular flexibility index (Phi) is 9.21. The smallest absolute Gasteiger partial charge is 0.410 e. The quantitative estimate of drug-likeness (QED) is 0.263. The van der Waals surface area contributed by atoms with Crippen LogP contribution in [0.3, 0.4) is 0 Å². The lowest BCUT2D eigenvalue weighted by Crippen LogP contribution is -2.43. The lowest BCUT2D eigenvalue weighted by molar-refractivity contribution is 0.0223. The number of fused-ring (bicyclic) bond motifs is 1. The molecule has 0 saturated carbocycles. The van der Waals surface area contributed by atoms with Gasteiger partial charge in [-0.15, -0.1) is 0 Å². The van der Waals surface area contributed by atoms with Crippen LogP contribution in [0.15, 0.2) is 48.5 Å². The van der Waals surface area contributed by atoms with E-state index in [2.05, 4.69) is 45.3 Å². The molecule has 2 heterocycles. The van der Waals surface area contributed by atoms with Crippen molar-refractivity contribution in [3.63, 3.8) is 0 Å². The number of nitriles is 1. The number of carbonyl (C=O) groups excluding carboxylic acids is 1. The third kappa shape index (κ3) is 7.74. The van der Waals surface area contributed by atoms with E-state index < -0.39 is 13.9 Å². The molecule has 0 aliphatic carbocycles. The van der Waals surface area contributed by atoms with E-state index >= 15 is 0 Å². The van der Waals surface area contributed by atoms with Crippen molar-refractivity contribution in [1.82, 2.24) is 9.47 Å². The highest BCUT2D eigenvalue weighted by Gasteiger charge is 2.39. The summed E-state index contributed by atoms with van der Waals surface area (Å²) in [5.74, 6) is 1.71. The number of hydrogen-bond donors (Lipinski definition) is 1. The van der Waals surface area contributed by atoms with E-state index in [0.717, 1.165) is 39.7 Å². The summed E-state index contributed by atoms with van der Waals surface area (Å²) in [5, 5.41) is 13.3. The number of rotatable bonds is 8. The van der Waals surface area contributed by atoms with Crippen molar-refractivity contribution in [3.8, 4) is 17.6 Å². The maximum absolute atomic E-state index is 12.6. The Morgan fingerprint density at radius 1 is 1.07 bits per heavy atom. The topological polar surface area (TPSA) is 88.8 Å². The number of ether oxygens (including phenoxy) is 2. The van der Waals surface area contributed by atoms with Crippen molar-refractivity contribution in [2.45, 2.75) is 84.7 Å². The Hall–Kier alpha value is -3.90. The lowest BCUT2D eigenvalue weighted by atomic mass is 9.99. The molecule has 0 atom stereocenters.